The van der Waals surface area contributed by atoms with Crippen LogP contribution in [0.4, 0.5) is 0 Å². The number of nitrogens with zero attached hydrogens (tertiary/aromatic N) is 3. The van der Waals surface area contributed by atoms with Crippen molar-refractivity contribution in [3.63, 3.8) is 0 Å². The predicted molar refractivity (Wildman–Crippen MR) is 90.7 cm³/mol. The lowest BCUT2D eigenvalue weighted by Gasteiger charge is -2.26. The largest absolute Gasteiger partial charge is 0.480 e. The fourth-order valence-electron chi connectivity index (χ4n) is 2.96. The summed E-state index contributed by atoms with van der Waals surface area (Å²) in [6.45, 7) is 8.29. The molecule has 130 valence electrons. The molecule has 2 rings (SSSR count). The van der Waals surface area contributed by atoms with Crippen LogP contribution in [0.5, 0.6) is 0 Å². The maximum absolute atomic E-state index is 11.3. The summed E-state index contributed by atoms with van der Waals surface area (Å²) in [5.41, 5.74) is 1.08. The normalized spacial score (nSPS) is 20.1. The van der Waals surface area contributed by atoms with Crippen molar-refractivity contribution in [1.82, 2.24) is 14.8 Å². The quantitative estimate of drug-likeness (QED) is 0.820. The van der Waals surface area contributed by atoms with Crippen LogP contribution in [0, 0.1) is 0 Å². The molecule has 7 heteroatoms. The highest BCUT2D eigenvalue weighted by molar-refractivity contribution is 7.09. The molecular weight excluding hydrogens is 314 g/mol. The zero-order valence-electron chi connectivity index (χ0n) is 14.2. The van der Waals surface area contributed by atoms with Crippen LogP contribution in [-0.4, -0.2) is 65.2 Å². The monoisotopic (exact) mass is 341 g/mol. The number of rotatable bonds is 7. The van der Waals surface area contributed by atoms with Crippen LogP contribution < -0.4 is 0 Å². The molecule has 0 aromatic carbocycles. The Hall–Kier alpha value is -1.02. The first-order valence-electron chi connectivity index (χ1n) is 8.21. The van der Waals surface area contributed by atoms with Crippen molar-refractivity contribution in [2.24, 2.45) is 0 Å². The van der Waals surface area contributed by atoms with Crippen molar-refractivity contribution >= 4 is 17.3 Å². The van der Waals surface area contributed by atoms with Crippen LogP contribution in [0.1, 0.15) is 43.5 Å². The van der Waals surface area contributed by atoms with Crippen LogP contribution in [0.2, 0.25) is 0 Å². The molecule has 1 saturated heterocycles. The molecule has 0 amide bonds. The molecule has 0 saturated carbocycles. The molecule has 1 N–H and O–H groups in total. The Morgan fingerprint density at radius 2 is 2.22 bits per heavy atom. The van der Waals surface area contributed by atoms with Gasteiger partial charge in [-0.2, -0.15) is 0 Å². The molecule has 0 radical (unpaired) electrons. The van der Waals surface area contributed by atoms with Crippen molar-refractivity contribution in [3.05, 3.63) is 16.1 Å². The molecule has 0 aliphatic carbocycles. The van der Waals surface area contributed by atoms with Gasteiger partial charge in [0.2, 0.25) is 0 Å². The summed E-state index contributed by atoms with van der Waals surface area (Å²) in [4.78, 5) is 20.4. The van der Waals surface area contributed by atoms with Gasteiger partial charge in [0, 0.05) is 38.7 Å². The third-order valence-corrected chi connectivity index (χ3v) is 5.45. The number of ether oxygens (including phenoxy) is 1. The molecule has 2 unspecified atom stereocenters. The van der Waals surface area contributed by atoms with E-state index in [1.54, 1.807) is 18.4 Å². The summed E-state index contributed by atoms with van der Waals surface area (Å²) in [7, 11) is 1.70. The van der Waals surface area contributed by atoms with Crippen LogP contribution in [0.25, 0.3) is 0 Å². The van der Waals surface area contributed by atoms with E-state index in [0.29, 0.717) is 6.42 Å². The lowest BCUT2D eigenvalue weighted by atomic mass is 10.2. The number of carbonyl (C=O) groups is 1. The van der Waals surface area contributed by atoms with Gasteiger partial charge in [0.15, 0.2) is 0 Å². The molecule has 0 spiro atoms. The van der Waals surface area contributed by atoms with Crippen LogP contribution in [-0.2, 0) is 16.1 Å². The highest BCUT2D eigenvalue weighted by Crippen LogP contribution is 2.21. The second-order valence-corrected chi connectivity index (χ2v) is 6.87. The minimum atomic E-state index is -0.710. The van der Waals surface area contributed by atoms with Crippen molar-refractivity contribution in [1.29, 1.82) is 0 Å². The number of aliphatic carboxylic acids is 1. The molecule has 1 fully saturated rings. The van der Waals surface area contributed by atoms with Gasteiger partial charge in [0.25, 0.3) is 0 Å². The number of carboxylic acid groups (broad SMARTS) is 1. The van der Waals surface area contributed by atoms with Gasteiger partial charge in [-0.3, -0.25) is 14.6 Å². The third kappa shape index (κ3) is 4.97. The summed E-state index contributed by atoms with van der Waals surface area (Å²) in [5.74, 6) is -0.710. The van der Waals surface area contributed by atoms with Gasteiger partial charge in [0.05, 0.1) is 5.69 Å². The van der Waals surface area contributed by atoms with E-state index in [9.17, 15) is 9.90 Å². The van der Waals surface area contributed by atoms with E-state index in [0.717, 1.165) is 49.8 Å². The van der Waals surface area contributed by atoms with E-state index in [1.165, 1.54) is 0 Å². The Morgan fingerprint density at radius 3 is 2.87 bits per heavy atom. The molecule has 2 atom stereocenters. The van der Waals surface area contributed by atoms with E-state index in [4.69, 9.17) is 4.74 Å². The lowest BCUT2D eigenvalue weighted by Crippen LogP contribution is -2.42. The van der Waals surface area contributed by atoms with Gasteiger partial charge in [0.1, 0.15) is 17.2 Å². The van der Waals surface area contributed by atoms with Gasteiger partial charge in [-0.05, 0) is 26.3 Å². The second-order valence-electron chi connectivity index (χ2n) is 5.98. The van der Waals surface area contributed by atoms with Gasteiger partial charge in [-0.1, -0.05) is 6.92 Å². The highest BCUT2D eigenvalue weighted by atomic mass is 32.1. The van der Waals surface area contributed by atoms with E-state index in [-0.39, 0.29) is 12.1 Å². The van der Waals surface area contributed by atoms with Crippen molar-refractivity contribution in [2.45, 2.75) is 45.4 Å². The van der Waals surface area contributed by atoms with Crippen molar-refractivity contribution in [3.8, 4) is 0 Å². The number of carboxylic acids is 1. The van der Waals surface area contributed by atoms with Gasteiger partial charge in [-0.15, -0.1) is 11.3 Å². The van der Waals surface area contributed by atoms with Crippen LogP contribution in [0.15, 0.2) is 5.38 Å². The summed E-state index contributed by atoms with van der Waals surface area (Å²) < 4.78 is 5.31. The number of hydrogen-bond acceptors (Lipinski definition) is 6. The summed E-state index contributed by atoms with van der Waals surface area (Å²) in [6, 6.07) is -0.358. The molecule has 1 aliphatic rings. The summed E-state index contributed by atoms with van der Waals surface area (Å²) >= 11 is 1.64. The maximum atomic E-state index is 11.3. The van der Waals surface area contributed by atoms with Crippen molar-refractivity contribution in [2.75, 3.05) is 33.3 Å². The van der Waals surface area contributed by atoms with Crippen molar-refractivity contribution < 1.29 is 14.6 Å². The molecule has 1 aliphatic heterocycles. The van der Waals surface area contributed by atoms with Crippen LogP contribution in [0.3, 0.4) is 0 Å². The Kier molecular flexibility index (Phi) is 6.95. The Balaban J connectivity index is 1.90. The molecule has 1 aromatic rings. The fraction of sp³-hybridized carbons (Fsp3) is 0.750. The first-order chi connectivity index (χ1) is 11.0. The highest BCUT2D eigenvalue weighted by Gasteiger charge is 2.26. The fourth-order valence-corrected chi connectivity index (χ4v) is 3.80. The van der Waals surface area contributed by atoms with Gasteiger partial charge < -0.3 is 9.84 Å². The SMILES string of the molecule is CCC(C(=O)O)N1CCCN(Cc2csc(C(C)OC)n2)CC1. The Morgan fingerprint density at radius 1 is 1.43 bits per heavy atom. The molecule has 23 heavy (non-hydrogen) atoms. The summed E-state index contributed by atoms with van der Waals surface area (Å²) in [6.07, 6.45) is 1.68. The smallest absolute Gasteiger partial charge is 0.320 e. The first kappa shape index (κ1) is 18.3. The van der Waals surface area contributed by atoms with E-state index in [1.807, 2.05) is 13.8 Å². The number of thiazole rings is 1. The van der Waals surface area contributed by atoms with Gasteiger partial charge in [-0.25, -0.2) is 4.98 Å². The Bertz CT molecular complexity index is 509. The molecular formula is C16H27N3O3S. The standard InChI is InChI=1S/C16H27N3O3S/c1-4-14(16(20)21)19-7-5-6-18(8-9-19)10-13-11-23-15(17-13)12(2)22-3/h11-12,14H,4-10H2,1-3H3,(H,20,21). The topological polar surface area (TPSA) is 65.9 Å². The van der Waals surface area contributed by atoms with E-state index in [2.05, 4.69) is 20.2 Å². The molecule has 1 aromatic heterocycles. The average Bonchev–Trinajstić information content (AvgIpc) is 2.88. The van der Waals surface area contributed by atoms with Crippen LogP contribution >= 0.6 is 11.3 Å². The van der Waals surface area contributed by atoms with Gasteiger partial charge >= 0.3 is 5.97 Å². The third-order valence-electron chi connectivity index (χ3n) is 4.39. The van der Waals surface area contributed by atoms with E-state index >= 15 is 0 Å². The summed E-state index contributed by atoms with van der Waals surface area (Å²) in [5, 5.41) is 12.4. The molecule has 6 nitrogen and oxygen atoms in total. The zero-order valence-corrected chi connectivity index (χ0v) is 15.0. The minimum Gasteiger partial charge on any atom is -0.480 e. The zero-order chi connectivity index (χ0) is 16.8. The Labute approximate surface area is 142 Å². The average molecular weight is 341 g/mol. The first-order valence-corrected chi connectivity index (χ1v) is 9.09. The number of aromatic nitrogens is 1. The lowest BCUT2D eigenvalue weighted by molar-refractivity contribution is -0.143. The number of methoxy groups -OCH3 is 1. The van der Waals surface area contributed by atoms with E-state index < -0.39 is 5.97 Å². The molecule has 0 bridgehead atoms. The maximum Gasteiger partial charge on any atom is 0.320 e. The molecule has 2 heterocycles. The predicted octanol–water partition coefficient (Wildman–Crippen LogP) is 2.22. The minimum absolute atomic E-state index is 0.0363. The number of hydrogen-bond donors (Lipinski definition) is 1. The second kappa shape index (κ2) is 8.73.